The molecule has 7 heteroatoms. The zero-order valence-electron chi connectivity index (χ0n) is 12.6. The fourth-order valence-electron chi connectivity index (χ4n) is 2.67. The normalized spacial score (nSPS) is 18.6. The first kappa shape index (κ1) is 15.3. The van der Waals surface area contributed by atoms with Gasteiger partial charge in [0.1, 0.15) is 11.7 Å². The van der Waals surface area contributed by atoms with Gasteiger partial charge in [0.25, 0.3) is 5.91 Å². The number of hydrogen-bond donors (Lipinski definition) is 1. The first-order chi connectivity index (χ1) is 9.91. The first-order valence-electron chi connectivity index (χ1n) is 7.07. The van der Waals surface area contributed by atoms with Crippen molar-refractivity contribution in [2.75, 3.05) is 13.2 Å². The van der Waals surface area contributed by atoms with Crippen LogP contribution in [-0.4, -0.2) is 50.9 Å². The fraction of sp³-hybridized carbons (Fsp3) is 0.643. The minimum Gasteiger partial charge on any atom is -0.480 e. The maximum absolute atomic E-state index is 12.2. The number of hydrogen-bond acceptors (Lipinski definition) is 4. The Hall–Kier alpha value is -2.05. The van der Waals surface area contributed by atoms with E-state index in [4.69, 9.17) is 4.74 Å². The predicted octanol–water partition coefficient (Wildman–Crippen LogP) is 0.881. The van der Waals surface area contributed by atoms with Gasteiger partial charge in [-0.3, -0.25) is 9.48 Å². The van der Waals surface area contributed by atoms with Gasteiger partial charge < -0.3 is 14.7 Å². The molecule has 1 aromatic heterocycles. The second-order valence-corrected chi connectivity index (χ2v) is 5.35. The maximum atomic E-state index is 12.2. The lowest BCUT2D eigenvalue weighted by Crippen LogP contribution is -2.49. The van der Waals surface area contributed by atoms with E-state index in [-0.39, 0.29) is 12.5 Å². The number of aliphatic carboxylic acids is 1. The molecule has 1 fully saturated rings. The Morgan fingerprint density at radius 2 is 2.10 bits per heavy atom. The zero-order valence-corrected chi connectivity index (χ0v) is 12.6. The van der Waals surface area contributed by atoms with E-state index in [0.29, 0.717) is 18.7 Å². The van der Waals surface area contributed by atoms with Crippen LogP contribution in [0.3, 0.4) is 0 Å². The highest BCUT2D eigenvalue weighted by Gasteiger charge is 2.32. The molecule has 116 valence electrons. The molecule has 1 aromatic rings. The van der Waals surface area contributed by atoms with Crippen molar-refractivity contribution in [2.24, 2.45) is 7.05 Å². The largest absolute Gasteiger partial charge is 0.480 e. The van der Waals surface area contributed by atoms with E-state index >= 15 is 0 Å². The molecule has 0 radical (unpaired) electrons. The lowest BCUT2D eigenvalue weighted by molar-refractivity contribution is -0.152. The number of carboxylic acid groups (broad SMARTS) is 1. The summed E-state index contributed by atoms with van der Waals surface area (Å²) in [5, 5.41) is 13.4. The first-order valence-corrected chi connectivity index (χ1v) is 7.07. The van der Waals surface area contributed by atoms with Crippen LogP contribution in [0.4, 0.5) is 0 Å². The van der Waals surface area contributed by atoms with Crippen molar-refractivity contribution in [2.45, 2.75) is 39.2 Å². The van der Waals surface area contributed by atoms with Crippen LogP contribution in [-0.2, 0) is 16.6 Å². The van der Waals surface area contributed by atoms with E-state index in [0.717, 1.165) is 24.2 Å². The van der Waals surface area contributed by atoms with Crippen molar-refractivity contribution in [1.82, 2.24) is 14.7 Å². The molecule has 1 aliphatic rings. The Morgan fingerprint density at radius 1 is 1.38 bits per heavy atom. The second kappa shape index (κ2) is 6.15. The molecule has 1 atom stereocenters. The van der Waals surface area contributed by atoms with E-state index in [1.807, 2.05) is 20.9 Å². The number of carboxylic acids is 1. The molecule has 1 saturated heterocycles. The van der Waals surface area contributed by atoms with Gasteiger partial charge in [0.2, 0.25) is 0 Å². The summed E-state index contributed by atoms with van der Waals surface area (Å²) in [6, 6.07) is -0.731. The van der Waals surface area contributed by atoms with Crippen LogP contribution in [0.1, 0.15) is 30.7 Å². The standard InChI is InChI=1S/C14H21N3O4/c1-9-13(10(2)16(3)15-9)21-8-12(18)17-7-5-4-6-11(17)14(19)20/h11H,4-8H2,1-3H3,(H,19,20). The highest BCUT2D eigenvalue weighted by atomic mass is 16.5. The molecule has 1 N–H and O–H groups in total. The maximum Gasteiger partial charge on any atom is 0.326 e. The number of nitrogens with zero attached hydrogens (tertiary/aromatic N) is 3. The van der Waals surface area contributed by atoms with Gasteiger partial charge >= 0.3 is 5.97 Å². The molecule has 1 aliphatic heterocycles. The number of rotatable bonds is 4. The van der Waals surface area contributed by atoms with Gasteiger partial charge in [-0.2, -0.15) is 5.10 Å². The van der Waals surface area contributed by atoms with Gasteiger partial charge in [-0.05, 0) is 33.1 Å². The number of aromatic nitrogens is 2. The van der Waals surface area contributed by atoms with Crippen molar-refractivity contribution < 1.29 is 19.4 Å². The molecule has 1 unspecified atom stereocenters. The van der Waals surface area contributed by atoms with Crippen LogP contribution in [0.15, 0.2) is 0 Å². The summed E-state index contributed by atoms with van der Waals surface area (Å²) in [6.45, 7) is 4.00. The average molecular weight is 295 g/mol. The van der Waals surface area contributed by atoms with Crippen molar-refractivity contribution in [3.05, 3.63) is 11.4 Å². The quantitative estimate of drug-likeness (QED) is 0.891. The van der Waals surface area contributed by atoms with Gasteiger partial charge in [-0.1, -0.05) is 0 Å². The molecular formula is C14H21N3O4. The summed E-state index contributed by atoms with van der Waals surface area (Å²) >= 11 is 0. The minimum atomic E-state index is -0.947. The number of amides is 1. The highest BCUT2D eigenvalue weighted by molar-refractivity contribution is 5.84. The number of carbonyl (C=O) groups is 2. The molecule has 0 aliphatic carbocycles. The SMILES string of the molecule is Cc1nn(C)c(C)c1OCC(=O)N1CCCCC1C(=O)O. The summed E-state index contributed by atoms with van der Waals surface area (Å²) in [6.07, 6.45) is 2.18. The van der Waals surface area contributed by atoms with Crippen LogP contribution in [0, 0.1) is 13.8 Å². The summed E-state index contributed by atoms with van der Waals surface area (Å²) < 4.78 is 7.25. The Kier molecular flexibility index (Phi) is 4.50. The van der Waals surface area contributed by atoms with E-state index in [2.05, 4.69) is 5.10 Å². The van der Waals surface area contributed by atoms with Gasteiger partial charge in [0, 0.05) is 13.6 Å². The van der Waals surface area contributed by atoms with Crippen LogP contribution in [0.5, 0.6) is 5.75 Å². The van der Waals surface area contributed by atoms with Gasteiger partial charge in [0.05, 0.1) is 5.69 Å². The Balaban J connectivity index is 2.02. The lowest BCUT2D eigenvalue weighted by atomic mass is 10.0. The molecule has 0 saturated carbocycles. The summed E-state index contributed by atoms with van der Waals surface area (Å²) in [7, 11) is 1.81. The predicted molar refractivity (Wildman–Crippen MR) is 75.2 cm³/mol. The molecule has 0 aromatic carbocycles. The molecule has 0 spiro atoms. The van der Waals surface area contributed by atoms with E-state index in [1.165, 1.54) is 4.90 Å². The third-order valence-corrected chi connectivity index (χ3v) is 3.89. The molecule has 21 heavy (non-hydrogen) atoms. The number of aryl methyl sites for hydroxylation is 2. The molecule has 1 amide bonds. The van der Waals surface area contributed by atoms with Crippen molar-refractivity contribution in [3.8, 4) is 5.75 Å². The smallest absolute Gasteiger partial charge is 0.326 e. The molecule has 2 heterocycles. The molecule has 7 nitrogen and oxygen atoms in total. The monoisotopic (exact) mass is 295 g/mol. The van der Waals surface area contributed by atoms with E-state index in [1.54, 1.807) is 4.68 Å². The highest BCUT2D eigenvalue weighted by Crippen LogP contribution is 2.22. The number of piperidine rings is 1. The minimum absolute atomic E-state index is 0.156. The van der Waals surface area contributed by atoms with Crippen LogP contribution >= 0.6 is 0 Å². The van der Waals surface area contributed by atoms with Crippen LogP contribution in [0.25, 0.3) is 0 Å². The number of carbonyl (C=O) groups excluding carboxylic acids is 1. The van der Waals surface area contributed by atoms with Crippen molar-refractivity contribution in [3.63, 3.8) is 0 Å². The van der Waals surface area contributed by atoms with E-state index in [9.17, 15) is 14.7 Å². The Bertz CT molecular complexity index is 553. The summed E-state index contributed by atoms with van der Waals surface area (Å²) in [5.74, 6) is -0.642. The van der Waals surface area contributed by atoms with Crippen LogP contribution in [0.2, 0.25) is 0 Å². The molecule has 0 bridgehead atoms. The summed E-state index contributed by atoms with van der Waals surface area (Å²) in [5.41, 5.74) is 1.56. The Labute approximate surface area is 123 Å². The third kappa shape index (κ3) is 3.17. The van der Waals surface area contributed by atoms with E-state index < -0.39 is 12.0 Å². The number of ether oxygens (including phenoxy) is 1. The van der Waals surface area contributed by atoms with Gasteiger partial charge in [-0.25, -0.2) is 4.79 Å². The lowest BCUT2D eigenvalue weighted by Gasteiger charge is -2.32. The van der Waals surface area contributed by atoms with Gasteiger partial charge in [-0.15, -0.1) is 0 Å². The number of likely N-dealkylation sites (tertiary alicyclic amines) is 1. The topological polar surface area (TPSA) is 84.7 Å². The van der Waals surface area contributed by atoms with Crippen molar-refractivity contribution >= 4 is 11.9 Å². The zero-order chi connectivity index (χ0) is 15.6. The molecular weight excluding hydrogens is 274 g/mol. The Morgan fingerprint density at radius 3 is 2.67 bits per heavy atom. The fourth-order valence-corrected chi connectivity index (χ4v) is 2.67. The van der Waals surface area contributed by atoms with Crippen LogP contribution < -0.4 is 4.74 Å². The average Bonchev–Trinajstić information content (AvgIpc) is 2.70. The van der Waals surface area contributed by atoms with Crippen molar-refractivity contribution in [1.29, 1.82) is 0 Å². The third-order valence-electron chi connectivity index (χ3n) is 3.89. The molecule has 2 rings (SSSR count). The summed E-state index contributed by atoms with van der Waals surface area (Å²) in [4.78, 5) is 24.8. The van der Waals surface area contributed by atoms with Gasteiger partial charge in [0.15, 0.2) is 12.4 Å². The second-order valence-electron chi connectivity index (χ2n) is 5.35.